The zero-order valence-electron chi connectivity index (χ0n) is 10.3. The van der Waals surface area contributed by atoms with Gasteiger partial charge in [-0.25, -0.2) is 14.4 Å². The van der Waals surface area contributed by atoms with Crippen LogP contribution in [-0.4, -0.2) is 42.1 Å². The zero-order chi connectivity index (χ0) is 12.2. The summed E-state index contributed by atoms with van der Waals surface area (Å²) in [7, 11) is 4.08. The maximum atomic E-state index is 12.6. The van der Waals surface area contributed by atoms with Crippen LogP contribution in [0.4, 0.5) is 10.3 Å². The van der Waals surface area contributed by atoms with Gasteiger partial charge in [0, 0.05) is 13.1 Å². The number of hydrogen-bond donors (Lipinski definition) is 1. The number of anilines is 1. The van der Waals surface area contributed by atoms with Gasteiger partial charge in [0.05, 0.1) is 12.4 Å². The topological polar surface area (TPSA) is 41.0 Å². The van der Waals surface area contributed by atoms with Crippen LogP contribution < -0.4 is 5.32 Å². The summed E-state index contributed by atoms with van der Waals surface area (Å²) in [6.45, 7) is 6.02. The van der Waals surface area contributed by atoms with Gasteiger partial charge in [0.1, 0.15) is 0 Å². The average molecular weight is 226 g/mol. The van der Waals surface area contributed by atoms with Crippen LogP contribution >= 0.6 is 0 Å². The fourth-order valence-corrected chi connectivity index (χ4v) is 1.63. The smallest absolute Gasteiger partial charge is 0.222 e. The second-order valence-electron chi connectivity index (χ2n) is 4.98. The molecule has 0 bridgehead atoms. The van der Waals surface area contributed by atoms with Crippen molar-refractivity contribution in [2.24, 2.45) is 5.41 Å². The highest BCUT2D eigenvalue weighted by atomic mass is 19.1. The largest absolute Gasteiger partial charge is 0.354 e. The van der Waals surface area contributed by atoms with Crippen LogP contribution in [0.5, 0.6) is 0 Å². The molecule has 1 rings (SSSR count). The first-order valence-corrected chi connectivity index (χ1v) is 5.25. The van der Waals surface area contributed by atoms with Crippen molar-refractivity contribution in [2.45, 2.75) is 13.8 Å². The van der Waals surface area contributed by atoms with E-state index in [1.54, 1.807) is 0 Å². The van der Waals surface area contributed by atoms with Crippen LogP contribution in [0.1, 0.15) is 13.8 Å². The number of halogens is 1. The zero-order valence-corrected chi connectivity index (χ0v) is 10.3. The van der Waals surface area contributed by atoms with Gasteiger partial charge in [-0.3, -0.25) is 0 Å². The Balaban J connectivity index is 2.47. The molecule has 0 saturated carbocycles. The molecule has 1 aromatic rings. The molecule has 90 valence electrons. The van der Waals surface area contributed by atoms with Gasteiger partial charge in [0.15, 0.2) is 5.82 Å². The van der Waals surface area contributed by atoms with E-state index in [0.717, 1.165) is 25.5 Å². The molecule has 0 fully saturated rings. The Morgan fingerprint density at radius 1 is 1.31 bits per heavy atom. The van der Waals surface area contributed by atoms with Gasteiger partial charge in [-0.2, -0.15) is 0 Å². The molecule has 0 radical (unpaired) electrons. The van der Waals surface area contributed by atoms with Gasteiger partial charge in [0.25, 0.3) is 0 Å². The molecular formula is C11H19FN4. The third kappa shape index (κ3) is 4.53. The molecule has 1 N–H and O–H groups in total. The molecule has 0 aliphatic heterocycles. The maximum absolute atomic E-state index is 12.6. The lowest BCUT2D eigenvalue weighted by molar-refractivity contribution is 0.254. The van der Waals surface area contributed by atoms with Crippen molar-refractivity contribution in [3.63, 3.8) is 0 Å². The summed E-state index contributed by atoms with van der Waals surface area (Å²) in [6, 6.07) is 0. The second-order valence-corrected chi connectivity index (χ2v) is 4.98. The third-order valence-electron chi connectivity index (χ3n) is 2.09. The monoisotopic (exact) mass is 226 g/mol. The van der Waals surface area contributed by atoms with Gasteiger partial charge >= 0.3 is 0 Å². The summed E-state index contributed by atoms with van der Waals surface area (Å²) in [5.74, 6) is 0.0475. The minimum Gasteiger partial charge on any atom is -0.354 e. The Bertz CT molecular complexity index is 321. The second kappa shape index (κ2) is 5.21. The molecule has 0 aromatic carbocycles. The van der Waals surface area contributed by atoms with E-state index >= 15 is 0 Å². The molecule has 0 amide bonds. The van der Waals surface area contributed by atoms with Crippen molar-refractivity contribution in [2.75, 3.05) is 32.5 Å². The van der Waals surface area contributed by atoms with Gasteiger partial charge in [0.2, 0.25) is 5.95 Å². The molecule has 1 heterocycles. The average Bonchev–Trinajstić information content (AvgIpc) is 2.15. The SMILES string of the molecule is CN(C)CC(C)(C)CNc1ncc(F)cn1. The molecule has 1 aromatic heterocycles. The summed E-state index contributed by atoms with van der Waals surface area (Å²) in [6.07, 6.45) is 2.32. The van der Waals surface area contributed by atoms with Gasteiger partial charge < -0.3 is 10.2 Å². The summed E-state index contributed by atoms with van der Waals surface area (Å²) in [5.41, 5.74) is 0.112. The standard InChI is InChI=1S/C11H19FN4/c1-11(2,8-16(3)4)7-15-10-13-5-9(12)6-14-10/h5-6H,7-8H2,1-4H3,(H,13,14,15). The molecule has 0 aliphatic rings. The maximum Gasteiger partial charge on any atom is 0.222 e. The summed E-state index contributed by atoms with van der Waals surface area (Å²) in [4.78, 5) is 9.83. The van der Waals surface area contributed by atoms with Gasteiger partial charge in [-0.1, -0.05) is 13.8 Å². The minimum atomic E-state index is -0.418. The van der Waals surface area contributed by atoms with E-state index in [1.807, 2.05) is 14.1 Å². The quantitative estimate of drug-likeness (QED) is 0.828. The van der Waals surface area contributed by atoms with E-state index in [9.17, 15) is 4.39 Å². The van der Waals surface area contributed by atoms with Crippen molar-refractivity contribution in [3.8, 4) is 0 Å². The molecule has 0 unspecified atom stereocenters. The predicted molar refractivity (Wildman–Crippen MR) is 62.8 cm³/mol. The number of nitrogens with one attached hydrogen (secondary N) is 1. The number of rotatable bonds is 5. The lowest BCUT2D eigenvalue weighted by atomic mass is 9.93. The van der Waals surface area contributed by atoms with E-state index in [4.69, 9.17) is 0 Å². The van der Waals surface area contributed by atoms with Crippen molar-refractivity contribution in [3.05, 3.63) is 18.2 Å². The lowest BCUT2D eigenvalue weighted by Gasteiger charge is -2.28. The fourth-order valence-electron chi connectivity index (χ4n) is 1.63. The highest BCUT2D eigenvalue weighted by Gasteiger charge is 2.18. The molecule has 0 spiro atoms. The van der Waals surface area contributed by atoms with Crippen LogP contribution in [0, 0.1) is 11.2 Å². The lowest BCUT2D eigenvalue weighted by Crippen LogP contribution is -2.34. The first kappa shape index (κ1) is 12.8. The van der Waals surface area contributed by atoms with Crippen LogP contribution in [0.2, 0.25) is 0 Å². The van der Waals surface area contributed by atoms with Crippen LogP contribution in [0.3, 0.4) is 0 Å². The number of nitrogens with zero attached hydrogens (tertiary/aromatic N) is 3. The molecule has 5 heteroatoms. The Morgan fingerprint density at radius 2 is 1.88 bits per heavy atom. The van der Waals surface area contributed by atoms with Crippen molar-refractivity contribution in [1.29, 1.82) is 0 Å². The summed E-state index contributed by atoms with van der Waals surface area (Å²) >= 11 is 0. The number of aromatic nitrogens is 2. The normalized spacial score (nSPS) is 11.9. The Morgan fingerprint density at radius 3 is 2.38 bits per heavy atom. The van der Waals surface area contributed by atoms with E-state index in [2.05, 4.69) is 34.0 Å². The molecule has 16 heavy (non-hydrogen) atoms. The van der Waals surface area contributed by atoms with Crippen molar-refractivity contribution < 1.29 is 4.39 Å². The summed E-state index contributed by atoms with van der Waals surface area (Å²) in [5, 5.41) is 3.10. The van der Waals surface area contributed by atoms with E-state index < -0.39 is 5.82 Å². The van der Waals surface area contributed by atoms with Crippen LogP contribution in [0.15, 0.2) is 12.4 Å². The molecular weight excluding hydrogens is 207 g/mol. The van der Waals surface area contributed by atoms with Crippen molar-refractivity contribution >= 4 is 5.95 Å². The van der Waals surface area contributed by atoms with E-state index in [0.29, 0.717) is 5.95 Å². The minimum absolute atomic E-state index is 0.112. The molecule has 0 atom stereocenters. The third-order valence-corrected chi connectivity index (χ3v) is 2.09. The molecule has 0 aliphatic carbocycles. The van der Waals surface area contributed by atoms with Crippen LogP contribution in [-0.2, 0) is 0 Å². The number of hydrogen-bond acceptors (Lipinski definition) is 4. The fraction of sp³-hybridized carbons (Fsp3) is 0.636. The first-order chi connectivity index (χ1) is 7.39. The van der Waals surface area contributed by atoms with E-state index in [1.165, 1.54) is 0 Å². The van der Waals surface area contributed by atoms with Crippen molar-refractivity contribution in [1.82, 2.24) is 14.9 Å². The van der Waals surface area contributed by atoms with E-state index in [-0.39, 0.29) is 5.41 Å². The molecule has 4 nitrogen and oxygen atoms in total. The first-order valence-electron chi connectivity index (χ1n) is 5.25. The Labute approximate surface area is 95.9 Å². The highest BCUT2D eigenvalue weighted by Crippen LogP contribution is 2.16. The highest BCUT2D eigenvalue weighted by molar-refractivity contribution is 5.22. The summed E-state index contributed by atoms with van der Waals surface area (Å²) < 4.78 is 12.6. The predicted octanol–water partition coefficient (Wildman–Crippen LogP) is 1.62. The molecule has 0 saturated heterocycles. The van der Waals surface area contributed by atoms with Gasteiger partial charge in [-0.05, 0) is 19.5 Å². The Kier molecular flexibility index (Phi) is 4.18. The van der Waals surface area contributed by atoms with Gasteiger partial charge in [-0.15, -0.1) is 0 Å². The Hall–Kier alpha value is -1.23. The van der Waals surface area contributed by atoms with Crippen LogP contribution in [0.25, 0.3) is 0 Å².